The molecule has 3 rings (SSSR count). The number of amides is 1. The number of phenols is 1. The zero-order chi connectivity index (χ0) is 14.4. The fraction of sp³-hybridized carbons (Fsp3) is 0.429. The van der Waals surface area contributed by atoms with Crippen molar-refractivity contribution in [2.75, 3.05) is 0 Å². The highest BCUT2D eigenvalue weighted by molar-refractivity contribution is 6.33. The van der Waals surface area contributed by atoms with Gasteiger partial charge in [0.1, 0.15) is 5.75 Å². The lowest BCUT2D eigenvalue weighted by atomic mass is 9.89. The van der Waals surface area contributed by atoms with E-state index in [2.05, 4.69) is 0 Å². The van der Waals surface area contributed by atoms with Gasteiger partial charge in [-0.05, 0) is 37.5 Å². The van der Waals surface area contributed by atoms with E-state index in [0.29, 0.717) is 12.8 Å². The molecule has 20 heavy (non-hydrogen) atoms. The molecule has 2 fully saturated rings. The van der Waals surface area contributed by atoms with E-state index in [1.807, 2.05) is 0 Å². The highest BCUT2D eigenvalue weighted by Crippen LogP contribution is 2.43. The summed E-state index contributed by atoms with van der Waals surface area (Å²) in [6.45, 7) is 0. The molecule has 0 radical (unpaired) electrons. The maximum absolute atomic E-state index is 12.6. The second-order valence-electron chi connectivity index (χ2n) is 5.36. The fourth-order valence-electron chi connectivity index (χ4n) is 3.39. The number of phenolic OH excluding ortho intramolecular Hbond substituents is 1. The second kappa shape index (κ2) is 4.66. The van der Waals surface area contributed by atoms with E-state index in [-0.39, 0.29) is 34.3 Å². The van der Waals surface area contributed by atoms with Crippen LogP contribution in [0.25, 0.3) is 0 Å². The summed E-state index contributed by atoms with van der Waals surface area (Å²) >= 11 is 6.01. The van der Waals surface area contributed by atoms with Crippen LogP contribution in [0.3, 0.4) is 0 Å². The maximum Gasteiger partial charge on any atom is 0.308 e. The minimum Gasteiger partial charge on any atom is -0.508 e. The molecule has 0 saturated carbocycles. The monoisotopic (exact) mass is 295 g/mol. The molecule has 106 valence electrons. The van der Waals surface area contributed by atoms with Gasteiger partial charge in [0.2, 0.25) is 0 Å². The van der Waals surface area contributed by atoms with Gasteiger partial charge >= 0.3 is 5.97 Å². The highest BCUT2D eigenvalue weighted by atomic mass is 35.5. The van der Waals surface area contributed by atoms with Gasteiger partial charge in [-0.25, -0.2) is 0 Å². The maximum atomic E-state index is 12.6. The highest BCUT2D eigenvalue weighted by Gasteiger charge is 2.51. The smallest absolute Gasteiger partial charge is 0.308 e. The number of aromatic hydroxyl groups is 1. The Morgan fingerprint density at radius 1 is 1.30 bits per heavy atom. The summed E-state index contributed by atoms with van der Waals surface area (Å²) in [4.78, 5) is 25.4. The number of halogens is 1. The molecular weight excluding hydrogens is 282 g/mol. The molecule has 0 aliphatic carbocycles. The van der Waals surface area contributed by atoms with Crippen LogP contribution in [0.4, 0.5) is 0 Å². The van der Waals surface area contributed by atoms with Gasteiger partial charge in [0.05, 0.1) is 16.5 Å². The van der Waals surface area contributed by atoms with Gasteiger partial charge in [-0.15, -0.1) is 0 Å². The molecule has 0 spiro atoms. The number of carbonyl (C=O) groups is 2. The lowest BCUT2D eigenvalue weighted by Crippen LogP contribution is -2.38. The Labute approximate surface area is 120 Å². The number of hydrogen-bond donors (Lipinski definition) is 2. The normalized spacial score (nSPS) is 27.9. The lowest BCUT2D eigenvalue weighted by Gasteiger charge is -2.23. The number of fused-ring (bicyclic) bond motifs is 2. The Bertz CT molecular complexity index is 589. The summed E-state index contributed by atoms with van der Waals surface area (Å²) in [5, 5.41) is 19.0. The molecule has 1 aromatic rings. The van der Waals surface area contributed by atoms with Crippen LogP contribution in [-0.2, 0) is 4.79 Å². The molecule has 2 saturated heterocycles. The van der Waals surface area contributed by atoms with Gasteiger partial charge in [-0.1, -0.05) is 11.6 Å². The topological polar surface area (TPSA) is 77.8 Å². The van der Waals surface area contributed by atoms with Crippen molar-refractivity contribution in [3.05, 3.63) is 28.8 Å². The first-order valence-electron chi connectivity index (χ1n) is 6.53. The van der Waals surface area contributed by atoms with E-state index < -0.39 is 11.9 Å². The van der Waals surface area contributed by atoms with Crippen molar-refractivity contribution in [1.82, 2.24) is 4.90 Å². The van der Waals surface area contributed by atoms with Crippen LogP contribution < -0.4 is 0 Å². The molecule has 3 unspecified atom stereocenters. The van der Waals surface area contributed by atoms with Gasteiger partial charge in [-0.2, -0.15) is 0 Å². The summed E-state index contributed by atoms with van der Waals surface area (Å²) in [7, 11) is 0. The molecule has 2 heterocycles. The van der Waals surface area contributed by atoms with Gasteiger partial charge in [0.25, 0.3) is 5.91 Å². The number of carboxylic acid groups (broad SMARTS) is 1. The van der Waals surface area contributed by atoms with E-state index in [1.54, 1.807) is 4.90 Å². The van der Waals surface area contributed by atoms with Crippen LogP contribution in [0.1, 0.15) is 29.6 Å². The number of carbonyl (C=O) groups excluding carboxylic acids is 1. The Kier molecular flexibility index (Phi) is 3.09. The molecule has 2 N–H and O–H groups in total. The molecule has 1 aromatic carbocycles. The van der Waals surface area contributed by atoms with Crippen molar-refractivity contribution in [2.45, 2.75) is 31.3 Å². The van der Waals surface area contributed by atoms with Crippen LogP contribution in [0.15, 0.2) is 18.2 Å². The molecule has 2 bridgehead atoms. The molecular formula is C14H14ClNO4. The Balaban J connectivity index is 1.92. The Hall–Kier alpha value is -1.75. The first kappa shape index (κ1) is 13.2. The predicted molar refractivity (Wildman–Crippen MR) is 71.8 cm³/mol. The van der Waals surface area contributed by atoms with E-state index in [0.717, 1.165) is 6.42 Å². The zero-order valence-corrected chi connectivity index (χ0v) is 11.4. The minimum absolute atomic E-state index is 0.0286. The molecule has 2 aliphatic rings. The summed E-state index contributed by atoms with van der Waals surface area (Å²) in [6.07, 6.45) is 2.04. The summed E-state index contributed by atoms with van der Waals surface area (Å²) in [6, 6.07) is 3.92. The number of benzene rings is 1. The third-order valence-electron chi connectivity index (χ3n) is 4.27. The summed E-state index contributed by atoms with van der Waals surface area (Å²) in [5.41, 5.74) is 0.231. The number of hydrogen-bond acceptors (Lipinski definition) is 3. The van der Waals surface area contributed by atoms with Gasteiger partial charge in [-0.3, -0.25) is 9.59 Å². The lowest BCUT2D eigenvalue weighted by molar-refractivity contribution is -0.142. The van der Waals surface area contributed by atoms with Gasteiger partial charge < -0.3 is 15.1 Å². The summed E-state index contributed by atoms with van der Waals surface area (Å²) < 4.78 is 0. The van der Waals surface area contributed by atoms with E-state index >= 15 is 0 Å². The van der Waals surface area contributed by atoms with Crippen LogP contribution >= 0.6 is 11.6 Å². The largest absolute Gasteiger partial charge is 0.508 e. The number of rotatable bonds is 2. The molecule has 2 aliphatic heterocycles. The van der Waals surface area contributed by atoms with E-state index in [9.17, 15) is 19.8 Å². The Morgan fingerprint density at radius 2 is 2.05 bits per heavy atom. The Morgan fingerprint density at radius 3 is 2.70 bits per heavy atom. The molecule has 5 nitrogen and oxygen atoms in total. The average molecular weight is 296 g/mol. The quantitative estimate of drug-likeness (QED) is 0.876. The third-order valence-corrected chi connectivity index (χ3v) is 4.60. The third kappa shape index (κ3) is 1.93. The first-order valence-corrected chi connectivity index (χ1v) is 6.91. The van der Waals surface area contributed by atoms with Crippen molar-refractivity contribution >= 4 is 23.5 Å². The standard InChI is InChI=1S/C14H14ClNO4/c15-11-3-2-8(17)6-9(11)13(18)16-7-1-4-12(16)10(5-7)14(19)20/h2-3,6-7,10,12,17H,1,4-5H2,(H,19,20). The van der Waals surface area contributed by atoms with Crippen molar-refractivity contribution in [3.8, 4) is 5.75 Å². The van der Waals surface area contributed by atoms with Crippen LogP contribution in [-0.4, -0.2) is 39.1 Å². The minimum atomic E-state index is -0.850. The van der Waals surface area contributed by atoms with Gasteiger partial charge in [0.15, 0.2) is 0 Å². The number of nitrogens with zero attached hydrogens (tertiary/aromatic N) is 1. The summed E-state index contributed by atoms with van der Waals surface area (Å²) in [5.74, 6) is -1.66. The van der Waals surface area contributed by atoms with Crippen LogP contribution in [0.2, 0.25) is 5.02 Å². The van der Waals surface area contributed by atoms with Crippen LogP contribution in [0.5, 0.6) is 5.75 Å². The van der Waals surface area contributed by atoms with Crippen molar-refractivity contribution in [1.29, 1.82) is 0 Å². The molecule has 3 atom stereocenters. The second-order valence-corrected chi connectivity index (χ2v) is 5.76. The van der Waals surface area contributed by atoms with Crippen LogP contribution in [0, 0.1) is 5.92 Å². The molecule has 0 aromatic heterocycles. The fourth-order valence-corrected chi connectivity index (χ4v) is 3.59. The SMILES string of the molecule is O=C(O)C1CC2CCC1N2C(=O)c1cc(O)ccc1Cl. The number of carboxylic acids is 1. The molecule has 6 heteroatoms. The van der Waals surface area contributed by atoms with Gasteiger partial charge in [0, 0.05) is 12.1 Å². The average Bonchev–Trinajstić information content (AvgIpc) is 2.98. The predicted octanol–water partition coefficient (Wildman–Crippen LogP) is 2.12. The zero-order valence-electron chi connectivity index (χ0n) is 10.6. The van der Waals surface area contributed by atoms with E-state index in [1.165, 1.54) is 18.2 Å². The van der Waals surface area contributed by atoms with Crippen molar-refractivity contribution < 1.29 is 19.8 Å². The first-order chi connectivity index (χ1) is 9.49. The molecule has 1 amide bonds. The van der Waals surface area contributed by atoms with E-state index in [4.69, 9.17) is 11.6 Å². The van der Waals surface area contributed by atoms with Crippen molar-refractivity contribution in [3.63, 3.8) is 0 Å². The number of aliphatic carboxylic acids is 1. The van der Waals surface area contributed by atoms with Crippen molar-refractivity contribution in [2.24, 2.45) is 5.92 Å².